The van der Waals surface area contributed by atoms with E-state index in [1.807, 2.05) is 0 Å². The van der Waals surface area contributed by atoms with Crippen LogP contribution in [0.3, 0.4) is 0 Å². The number of amides is 2. The van der Waals surface area contributed by atoms with Gasteiger partial charge in [0.2, 0.25) is 0 Å². The second-order valence-corrected chi connectivity index (χ2v) is 3.84. The van der Waals surface area contributed by atoms with Crippen LogP contribution in [0.25, 0.3) is 0 Å². The van der Waals surface area contributed by atoms with Crippen LogP contribution in [0.2, 0.25) is 0 Å². The van der Waals surface area contributed by atoms with Gasteiger partial charge in [0, 0.05) is 0 Å². The number of imide groups is 1. The number of benzene rings is 1. The summed E-state index contributed by atoms with van der Waals surface area (Å²) in [5, 5.41) is 8.83. The minimum atomic E-state index is -1.20. The van der Waals surface area contributed by atoms with Crippen LogP contribution >= 0.6 is 0 Å². The molecule has 7 heteroatoms. The molecule has 7 nitrogen and oxygen atoms in total. The summed E-state index contributed by atoms with van der Waals surface area (Å²) < 4.78 is 4.39. The zero-order valence-corrected chi connectivity index (χ0v) is 9.87. The van der Waals surface area contributed by atoms with Crippen molar-refractivity contribution in [3.8, 4) is 0 Å². The molecule has 0 fully saturated rings. The Morgan fingerprint density at radius 2 is 1.84 bits per heavy atom. The lowest BCUT2D eigenvalue weighted by Gasteiger charge is -2.11. The number of carboxylic acid groups (broad SMARTS) is 1. The Morgan fingerprint density at radius 1 is 1.21 bits per heavy atom. The summed E-state index contributed by atoms with van der Waals surface area (Å²) in [5.41, 5.74) is -0.0347. The van der Waals surface area contributed by atoms with Crippen molar-refractivity contribution in [2.75, 3.05) is 13.7 Å². The van der Waals surface area contributed by atoms with Gasteiger partial charge in [-0.2, -0.15) is 0 Å². The van der Waals surface area contributed by atoms with E-state index in [9.17, 15) is 19.2 Å². The molecule has 0 aliphatic carbocycles. The molecule has 0 saturated carbocycles. The monoisotopic (exact) mass is 263 g/mol. The Kier molecular flexibility index (Phi) is 3.04. The molecule has 0 atom stereocenters. The largest absolute Gasteiger partial charge is 0.478 e. The second-order valence-electron chi connectivity index (χ2n) is 3.84. The van der Waals surface area contributed by atoms with E-state index in [0.29, 0.717) is 0 Å². The van der Waals surface area contributed by atoms with Gasteiger partial charge in [-0.3, -0.25) is 19.3 Å². The van der Waals surface area contributed by atoms with E-state index in [2.05, 4.69) is 4.74 Å². The van der Waals surface area contributed by atoms with Gasteiger partial charge >= 0.3 is 11.9 Å². The molecule has 0 aromatic heterocycles. The molecule has 0 bridgehead atoms. The number of carbonyl (C=O) groups excluding carboxylic acids is 3. The van der Waals surface area contributed by atoms with Crippen LogP contribution in [0.4, 0.5) is 0 Å². The minimum Gasteiger partial charge on any atom is -0.478 e. The summed E-state index contributed by atoms with van der Waals surface area (Å²) in [6, 6.07) is 3.61. The zero-order valence-electron chi connectivity index (χ0n) is 9.87. The van der Waals surface area contributed by atoms with Crippen LogP contribution in [-0.2, 0) is 9.53 Å². The number of hydrogen-bond acceptors (Lipinski definition) is 5. The molecular formula is C12H9NO6. The van der Waals surface area contributed by atoms with Gasteiger partial charge in [0.1, 0.15) is 6.54 Å². The Hall–Kier alpha value is -2.70. The first-order valence-electron chi connectivity index (χ1n) is 5.26. The van der Waals surface area contributed by atoms with E-state index in [4.69, 9.17) is 5.11 Å². The van der Waals surface area contributed by atoms with E-state index in [0.717, 1.165) is 18.1 Å². The smallest absolute Gasteiger partial charge is 0.335 e. The molecule has 0 saturated heterocycles. The van der Waals surface area contributed by atoms with E-state index >= 15 is 0 Å². The molecule has 0 radical (unpaired) electrons. The molecule has 2 rings (SSSR count). The number of rotatable bonds is 3. The first-order chi connectivity index (χ1) is 8.95. The number of methoxy groups -OCH3 is 1. The quantitative estimate of drug-likeness (QED) is 0.615. The first-order valence-corrected chi connectivity index (χ1v) is 5.26. The predicted molar refractivity (Wildman–Crippen MR) is 60.8 cm³/mol. The molecule has 1 aliphatic rings. The number of carboxylic acids is 1. The number of fused-ring (bicyclic) bond motifs is 1. The molecule has 1 heterocycles. The third kappa shape index (κ3) is 2.05. The molecule has 19 heavy (non-hydrogen) atoms. The maximum absolute atomic E-state index is 11.9. The molecule has 1 aromatic carbocycles. The fourth-order valence-corrected chi connectivity index (χ4v) is 1.76. The van der Waals surface area contributed by atoms with Gasteiger partial charge in [0.25, 0.3) is 11.8 Å². The van der Waals surface area contributed by atoms with Crippen molar-refractivity contribution in [2.45, 2.75) is 0 Å². The van der Waals surface area contributed by atoms with Crippen LogP contribution in [0, 0.1) is 0 Å². The van der Waals surface area contributed by atoms with E-state index in [-0.39, 0.29) is 16.7 Å². The normalized spacial score (nSPS) is 13.4. The maximum Gasteiger partial charge on any atom is 0.335 e. The number of carbonyl (C=O) groups is 4. The van der Waals surface area contributed by atoms with E-state index in [1.165, 1.54) is 12.1 Å². The highest BCUT2D eigenvalue weighted by atomic mass is 16.5. The van der Waals surface area contributed by atoms with Crippen molar-refractivity contribution in [1.29, 1.82) is 0 Å². The Morgan fingerprint density at radius 3 is 2.42 bits per heavy atom. The summed E-state index contributed by atoms with van der Waals surface area (Å²) in [5.74, 6) is -3.27. The van der Waals surface area contributed by atoms with Gasteiger partial charge in [0.05, 0.1) is 23.8 Å². The van der Waals surface area contributed by atoms with Crippen molar-refractivity contribution < 1.29 is 29.0 Å². The lowest BCUT2D eigenvalue weighted by atomic mass is 10.1. The third-order valence-electron chi connectivity index (χ3n) is 2.73. The van der Waals surface area contributed by atoms with Gasteiger partial charge in [-0.1, -0.05) is 0 Å². The number of hydrogen-bond donors (Lipinski definition) is 1. The molecular weight excluding hydrogens is 254 g/mol. The van der Waals surface area contributed by atoms with Gasteiger partial charge in [-0.25, -0.2) is 4.79 Å². The van der Waals surface area contributed by atoms with Crippen molar-refractivity contribution in [2.24, 2.45) is 0 Å². The lowest BCUT2D eigenvalue weighted by Crippen LogP contribution is -2.35. The summed E-state index contributed by atoms with van der Waals surface area (Å²) in [7, 11) is 1.14. The predicted octanol–water partition coefficient (Wildman–Crippen LogP) is 0.154. The second kappa shape index (κ2) is 4.52. The lowest BCUT2D eigenvalue weighted by molar-refractivity contribution is -0.140. The van der Waals surface area contributed by atoms with Crippen molar-refractivity contribution in [1.82, 2.24) is 4.90 Å². The van der Waals surface area contributed by atoms with Gasteiger partial charge in [-0.05, 0) is 18.2 Å². The summed E-state index contributed by atoms with van der Waals surface area (Å²) in [6.07, 6.45) is 0. The molecule has 2 amide bonds. The maximum atomic E-state index is 11.9. The molecule has 1 aromatic rings. The highest BCUT2D eigenvalue weighted by molar-refractivity contribution is 6.22. The minimum absolute atomic E-state index is 0.0196. The van der Waals surface area contributed by atoms with E-state index < -0.39 is 30.3 Å². The average molecular weight is 263 g/mol. The van der Waals surface area contributed by atoms with Gasteiger partial charge in [0.15, 0.2) is 0 Å². The topological polar surface area (TPSA) is 101 Å². The van der Waals surface area contributed by atoms with Crippen LogP contribution in [-0.4, -0.2) is 47.4 Å². The van der Waals surface area contributed by atoms with Crippen LogP contribution in [0.1, 0.15) is 31.1 Å². The molecule has 0 unspecified atom stereocenters. The Bertz CT molecular complexity index is 606. The summed E-state index contributed by atoms with van der Waals surface area (Å²) in [6.45, 7) is -0.495. The highest BCUT2D eigenvalue weighted by Gasteiger charge is 2.37. The molecule has 0 spiro atoms. The number of nitrogens with zero attached hydrogens (tertiary/aromatic N) is 1. The molecule has 1 aliphatic heterocycles. The Labute approximate surface area is 107 Å². The fourth-order valence-electron chi connectivity index (χ4n) is 1.76. The average Bonchev–Trinajstić information content (AvgIpc) is 2.63. The van der Waals surface area contributed by atoms with Crippen LogP contribution < -0.4 is 0 Å². The Balaban J connectivity index is 2.38. The van der Waals surface area contributed by atoms with Crippen LogP contribution in [0.15, 0.2) is 18.2 Å². The number of esters is 1. The van der Waals surface area contributed by atoms with Gasteiger partial charge in [-0.15, -0.1) is 0 Å². The van der Waals surface area contributed by atoms with Crippen molar-refractivity contribution in [3.63, 3.8) is 0 Å². The fraction of sp³-hybridized carbons (Fsp3) is 0.167. The van der Waals surface area contributed by atoms with Crippen LogP contribution in [0.5, 0.6) is 0 Å². The van der Waals surface area contributed by atoms with Crippen molar-refractivity contribution in [3.05, 3.63) is 34.9 Å². The van der Waals surface area contributed by atoms with Gasteiger partial charge < -0.3 is 9.84 Å². The van der Waals surface area contributed by atoms with Crippen molar-refractivity contribution >= 4 is 23.8 Å². The SMILES string of the molecule is COC(=O)CN1C(=O)c2ccc(C(=O)O)cc2C1=O. The summed E-state index contributed by atoms with van der Waals surface area (Å²) in [4.78, 5) is 46.5. The highest BCUT2D eigenvalue weighted by Crippen LogP contribution is 2.23. The van der Waals surface area contributed by atoms with E-state index in [1.54, 1.807) is 0 Å². The first kappa shape index (κ1) is 12.7. The zero-order chi connectivity index (χ0) is 14.2. The molecule has 98 valence electrons. The number of aromatic carboxylic acids is 1. The molecule has 1 N–H and O–H groups in total. The third-order valence-corrected chi connectivity index (χ3v) is 2.73. The number of ether oxygens (including phenoxy) is 1. The standard InChI is InChI=1S/C12H9NO6/c1-19-9(14)5-13-10(15)7-3-2-6(12(17)18)4-8(7)11(13)16/h2-4H,5H2,1H3,(H,17,18). The summed E-state index contributed by atoms with van der Waals surface area (Å²) >= 11 is 0.